The van der Waals surface area contributed by atoms with Gasteiger partial charge < -0.3 is 15.1 Å². The lowest BCUT2D eigenvalue weighted by atomic mass is 9.73. The van der Waals surface area contributed by atoms with Gasteiger partial charge in [0, 0.05) is 12.6 Å². The van der Waals surface area contributed by atoms with Crippen molar-refractivity contribution in [3.63, 3.8) is 0 Å². The minimum absolute atomic E-state index is 0.725. The number of hydrogen-bond donors (Lipinski definition) is 1. The molecule has 1 saturated carbocycles. The number of hydrogen-bond acceptors (Lipinski definition) is 3. The summed E-state index contributed by atoms with van der Waals surface area (Å²) in [6.45, 7) is 12.0. The second kappa shape index (κ2) is 9.81. The van der Waals surface area contributed by atoms with Crippen LogP contribution in [0.25, 0.3) is 0 Å². The van der Waals surface area contributed by atoms with E-state index >= 15 is 0 Å². The van der Waals surface area contributed by atoms with Gasteiger partial charge in [0.25, 0.3) is 0 Å². The molecule has 0 saturated heterocycles. The fourth-order valence-corrected chi connectivity index (χ4v) is 3.81. The van der Waals surface area contributed by atoms with Crippen molar-refractivity contribution in [3.8, 4) is 0 Å². The summed E-state index contributed by atoms with van der Waals surface area (Å²) in [5.74, 6) is 2.60. The van der Waals surface area contributed by atoms with Crippen LogP contribution in [0.1, 0.15) is 46.5 Å². The monoisotopic (exact) mass is 297 g/mol. The molecule has 1 N–H and O–H groups in total. The average molecular weight is 298 g/mol. The lowest BCUT2D eigenvalue weighted by Gasteiger charge is -2.40. The smallest absolute Gasteiger partial charge is 0.0105 e. The van der Waals surface area contributed by atoms with Crippen LogP contribution in [-0.4, -0.2) is 63.2 Å². The van der Waals surface area contributed by atoms with Crippen molar-refractivity contribution in [1.82, 2.24) is 15.1 Å². The van der Waals surface area contributed by atoms with Crippen molar-refractivity contribution in [2.75, 3.05) is 47.3 Å². The highest BCUT2D eigenvalue weighted by atomic mass is 15.1. The second-order valence-corrected chi connectivity index (χ2v) is 7.52. The van der Waals surface area contributed by atoms with Crippen LogP contribution in [0.15, 0.2) is 0 Å². The Balaban J connectivity index is 2.49. The first kappa shape index (κ1) is 18.9. The van der Waals surface area contributed by atoms with E-state index in [-0.39, 0.29) is 0 Å². The Kier molecular flexibility index (Phi) is 8.84. The van der Waals surface area contributed by atoms with Crippen LogP contribution in [0.4, 0.5) is 0 Å². The molecule has 0 spiro atoms. The fourth-order valence-electron chi connectivity index (χ4n) is 3.81. The maximum Gasteiger partial charge on any atom is 0.0105 e. The highest BCUT2D eigenvalue weighted by Crippen LogP contribution is 2.34. The van der Waals surface area contributed by atoms with E-state index in [1.165, 1.54) is 51.9 Å². The summed E-state index contributed by atoms with van der Waals surface area (Å²) in [6.07, 6.45) is 5.46. The van der Waals surface area contributed by atoms with Crippen LogP contribution in [0.5, 0.6) is 0 Å². The molecular formula is C18H39N3. The van der Waals surface area contributed by atoms with Crippen molar-refractivity contribution in [1.29, 1.82) is 0 Å². The third-order valence-electron chi connectivity index (χ3n) is 5.36. The zero-order chi connectivity index (χ0) is 15.8. The van der Waals surface area contributed by atoms with Crippen LogP contribution >= 0.6 is 0 Å². The molecule has 0 aromatic carbocycles. The van der Waals surface area contributed by atoms with Gasteiger partial charge in [-0.15, -0.1) is 0 Å². The molecule has 1 aliphatic carbocycles. The van der Waals surface area contributed by atoms with E-state index in [9.17, 15) is 0 Å². The van der Waals surface area contributed by atoms with Gasteiger partial charge in [0.2, 0.25) is 0 Å². The van der Waals surface area contributed by atoms with Crippen LogP contribution in [-0.2, 0) is 0 Å². The van der Waals surface area contributed by atoms with Gasteiger partial charge in [-0.3, -0.25) is 0 Å². The Labute approximate surface area is 133 Å². The Bertz CT molecular complexity index is 265. The predicted molar refractivity (Wildman–Crippen MR) is 93.8 cm³/mol. The third-order valence-corrected chi connectivity index (χ3v) is 5.36. The summed E-state index contributed by atoms with van der Waals surface area (Å²) < 4.78 is 0. The van der Waals surface area contributed by atoms with Crippen LogP contribution in [0.2, 0.25) is 0 Å². The predicted octanol–water partition coefficient (Wildman–Crippen LogP) is 2.92. The van der Waals surface area contributed by atoms with E-state index in [0.717, 1.165) is 23.8 Å². The fraction of sp³-hybridized carbons (Fsp3) is 1.00. The zero-order valence-electron chi connectivity index (χ0n) is 15.4. The van der Waals surface area contributed by atoms with E-state index in [1.54, 1.807) is 0 Å². The van der Waals surface area contributed by atoms with Crippen LogP contribution in [0, 0.1) is 17.8 Å². The molecule has 3 atom stereocenters. The summed E-state index contributed by atoms with van der Waals surface area (Å²) >= 11 is 0. The van der Waals surface area contributed by atoms with E-state index in [2.05, 4.69) is 57.0 Å². The molecule has 1 rings (SSSR count). The summed E-state index contributed by atoms with van der Waals surface area (Å²) in [5.41, 5.74) is 0. The molecule has 1 fully saturated rings. The Morgan fingerprint density at radius 2 is 1.86 bits per heavy atom. The van der Waals surface area contributed by atoms with Gasteiger partial charge >= 0.3 is 0 Å². The van der Waals surface area contributed by atoms with E-state index in [0.29, 0.717) is 0 Å². The number of nitrogens with zero attached hydrogens (tertiary/aromatic N) is 2. The standard InChI is InChI=1S/C18H39N3/c1-7-21(12-8-11-20(5)6)14-17-13-16(15(2)3)9-10-18(17)19-4/h15-19H,7-14H2,1-6H3. The number of rotatable bonds is 9. The molecule has 0 aromatic heterocycles. The maximum absolute atomic E-state index is 3.58. The van der Waals surface area contributed by atoms with Gasteiger partial charge in [-0.1, -0.05) is 20.8 Å². The minimum Gasteiger partial charge on any atom is -0.317 e. The van der Waals surface area contributed by atoms with Gasteiger partial charge in [0.05, 0.1) is 0 Å². The van der Waals surface area contributed by atoms with Gasteiger partial charge in [0.1, 0.15) is 0 Å². The lowest BCUT2D eigenvalue weighted by Crippen LogP contribution is -2.45. The molecular weight excluding hydrogens is 258 g/mol. The van der Waals surface area contributed by atoms with E-state index in [1.807, 2.05) is 0 Å². The summed E-state index contributed by atoms with van der Waals surface area (Å²) in [5, 5.41) is 3.58. The SMILES string of the molecule is CCN(CCCN(C)C)CC1CC(C(C)C)CCC1NC. The first-order chi connectivity index (χ1) is 9.97. The first-order valence-corrected chi connectivity index (χ1v) is 9.02. The highest BCUT2D eigenvalue weighted by molar-refractivity contribution is 4.86. The summed E-state index contributed by atoms with van der Waals surface area (Å²) in [6, 6.07) is 0.725. The molecule has 0 aliphatic heterocycles. The van der Waals surface area contributed by atoms with Gasteiger partial charge in [0.15, 0.2) is 0 Å². The quantitative estimate of drug-likeness (QED) is 0.706. The van der Waals surface area contributed by atoms with Crippen molar-refractivity contribution in [2.24, 2.45) is 17.8 Å². The molecule has 0 heterocycles. The Hall–Kier alpha value is -0.120. The van der Waals surface area contributed by atoms with E-state index in [4.69, 9.17) is 0 Å². The van der Waals surface area contributed by atoms with Gasteiger partial charge in [-0.25, -0.2) is 0 Å². The molecule has 0 radical (unpaired) electrons. The second-order valence-electron chi connectivity index (χ2n) is 7.52. The lowest BCUT2D eigenvalue weighted by molar-refractivity contribution is 0.125. The maximum atomic E-state index is 3.58. The average Bonchev–Trinajstić information content (AvgIpc) is 2.45. The molecule has 126 valence electrons. The Morgan fingerprint density at radius 1 is 1.14 bits per heavy atom. The minimum atomic E-state index is 0.725. The largest absolute Gasteiger partial charge is 0.317 e. The first-order valence-electron chi connectivity index (χ1n) is 9.02. The molecule has 0 bridgehead atoms. The van der Waals surface area contributed by atoms with E-state index < -0.39 is 0 Å². The van der Waals surface area contributed by atoms with Crippen molar-refractivity contribution in [2.45, 2.75) is 52.5 Å². The normalized spacial score (nSPS) is 27.0. The summed E-state index contributed by atoms with van der Waals surface area (Å²) in [4.78, 5) is 4.96. The molecule has 0 aromatic rings. The molecule has 1 aliphatic rings. The molecule has 3 heteroatoms. The van der Waals surface area contributed by atoms with Crippen LogP contribution < -0.4 is 5.32 Å². The zero-order valence-corrected chi connectivity index (χ0v) is 15.4. The molecule has 0 amide bonds. The van der Waals surface area contributed by atoms with Gasteiger partial charge in [-0.05, 0) is 84.2 Å². The summed E-state index contributed by atoms with van der Waals surface area (Å²) in [7, 11) is 6.49. The topological polar surface area (TPSA) is 18.5 Å². The van der Waals surface area contributed by atoms with Gasteiger partial charge in [-0.2, -0.15) is 0 Å². The van der Waals surface area contributed by atoms with Crippen molar-refractivity contribution >= 4 is 0 Å². The Morgan fingerprint density at radius 3 is 2.38 bits per heavy atom. The molecule has 21 heavy (non-hydrogen) atoms. The van der Waals surface area contributed by atoms with Crippen molar-refractivity contribution in [3.05, 3.63) is 0 Å². The number of nitrogens with one attached hydrogen (secondary N) is 1. The molecule has 3 unspecified atom stereocenters. The van der Waals surface area contributed by atoms with Crippen molar-refractivity contribution < 1.29 is 0 Å². The third kappa shape index (κ3) is 6.66. The highest BCUT2D eigenvalue weighted by Gasteiger charge is 2.31. The molecule has 3 nitrogen and oxygen atoms in total. The van der Waals surface area contributed by atoms with Crippen LogP contribution in [0.3, 0.4) is 0 Å².